The molecule has 6 nitrogen and oxygen atoms in total. The highest BCUT2D eigenvalue weighted by atomic mass is 16.5. The standard InChI is InChI=1S/C19H24N2O4/c1-5-13-6-7-15(21-12-13)8-9-20-19(22)14-10-16(23-2)18(25-4)17(11-14)24-3/h6-7,10-12H,5,8-9H2,1-4H3,(H,20,22). The number of pyridine rings is 1. The first-order valence-electron chi connectivity index (χ1n) is 8.14. The normalized spacial score (nSPS) is 10.2. The molecule has 0 fully saturated rings. The van der Waals surface area contributed by atoms with Gasteiger partial charge in [0.2, 0.25) is 5.75 Å². The highest BCUT2D eigenvalue weighted by molar-refractivity contribution is 5.95. The SMILES string of the molecule is CCc1ccc(CCNC(=O)c2cc(OC)c(OC)c(OC)c2)nc1. The molecule has 0 aliphatic rings. The molecule has 1 amide bonds. The summed E-state index contributed by atoms with van der Waals surface area (Å²) >= 11 is 0. The van der Waals surface area contributed by atoms with Crippen LogP contribution in [0, 0.1) is 0 Å². The van der Waals surface area contributed by atoms with E-state index in [9.17, 15) is 4.79 Å². The van der Waals surface area contributed by atoms with Crippen LogP contribution in [0.1, 0.15) is 28.5 Å². The van der Waals surface area contributed by atoms with Crippen LogP contribution < -0.4 is 19.5 Å². The number of aromatic nitrogens is 1. The summed E-state index contributed by atoms with van der Waals surface area (Å²) in [5, 5.41) is 2.89. The van der Waals surface area contributed by atoms with E-state index in [1.807, 2.05) is 12.3 Å². The zero-order valence-electron chi connectivity index (χ0n) is 15.1. The maximum atomic E-state index is 12.4. The molecule has 0 saturated heterocycles. The molecule has 0 aliphatic heterocycles. The van der Waals surface area contributed by atoms with Gasteiger partial charge in [-0.25, -0.2) is 0 Å². The summed E-state index contributed by atoms with van der Waals surface area (Å²) in [6.07, 6.45) is 3.50. The van der Waals surface area contributed by atoms with Crippen molar-refractivity contribution in [3.05, 3.63) is 47.3 Å². The fourth-order valence-corrected chi connectivity index (χ4v) is 2.43. The lowest BCUT2D eigenvalue weighted by Gasteiger charge is -2.14. The Kier molecular flexibility index (Phi) is 6.62. The summed E-state index contributed by atoms with van der Waals surface area (Å²) < 4.78 is 15.8. The van der Waals surface area contributed by atoms with Crippen LogP contribution in [0.2, 0.25) is 0 Å². The Morgan fingerprint density at radius 2 is 1.76 bits per heavy atom. The highest BCUT2D eigenvalue weighted by Crippen LogP contribution is 2.38. The topological polar surface area (TPSA) is 69.7 Å². The summed E-state index contributed by atoms with van der Waals surface area (Å²) in [7, 11) is 4.56. The van der Waals surface area contributed by atoms with Crippen LogP contribution in [0.3, 0.4) is 0 Å². The quantitative estimate of drug-likeness (QED) is 0.797. The molecule has 1 aromatic carbocycles. The fourth-order valence-electron chi connectivity index (χ4n) is 2.43. The maximum Gasteiger partial charge on any atom is 0.251 e. The average Bonchev–Trinajstić information content (AvgIpc) is 2.67. The van der Waals surface area contributed by atoms with E-state index >= 15 is 0 Å². The lowest BCUT2D eigenvalue weighted by Crippen LogP contribution is -2.26. The van der Waals surface area contributed by atoms with Gasteiger partial charge in [-0.15, -0.1) is 0 Å². The Bertz CT molecular complexity index is 689. The van der Waals surface area contributed by atoms with E-state index in [1.54, 1.807) is 12.1 Å². The number of nitrogens with one attached hydrogen (secondary N) is 1. The van der Waals surface area contributed by atoms with Crippen LogP contribution in [0.25, 0.3) is 0 Å². The van der Waals surface area contributed by atoms with Crippen LogP contribution in [0.15, 0.2) is 30.5 Å². The smallest absolute Gasteiger partial charge is 0.251 e. The lowest BCUT2D eigenvalue weighted by molar-refractivity contribution is 0.0953. The molecule has 1 N–H and O–H groups in total. The molecule has 0 saturated carbocycles. The molecule has 1 aromatic heterocycles. The Hall–Kier alpha value is -2.76. The number of carbonyl (C=O) groups is 1. The molecule has 134 valence electrons. The first-order valence-corrected chi connectivity index (χ1v) is 8.14. The number of ether oxygens (including phenoxy) is 3. The van der Waals surface area contributed by atoms with Gasteiger partial charge in [0.1, 0.15) is 0 Å². The van der Waals surface area contributed by atoms with Gasteiger partial charge < -0.3 is 19.5 Å². The number of aryl methyl sites for hydroxylation is 1. The van der Waals surface area contributed by atoms with Crippen LogP contribution in [0.4, 0.5) is 0 Å². The summed E-state index contributed by atoms with van der Waals surface area (Å²) in [4.78, 5) is 16.8. The molecule has 1 heterocycles. The molecule has 2 aromatic rings. The van der Waals surface area contributed by atoms with Crippen molar-refractivity contribution in [3.8, 4) is 17.2 Å². The minimum Gasteiger partial charge on any atom is -0.493 e. The summed E-state index contributed by atoms with van der Waals surface area (Å²) in [6, 6.07) is 7.31. The van der Waals surface area contributed by atoms with Crippen molar-refractivity contribution in [2.45, 2.75) is 19.8 Å². The van der Waals surface area contributed by atoms with Crippen molar-refractivity contribution < 1.29 is 19.0 Å². The molecule has 0 spiro atoms. The van der Waals surface area contributed by atoms with Crippen molar-refractivity contribution in [2.24, 2.45) is 0 Å². The molecule has 6 heteroatoms. The number of amides is 1. The van der Waals surface area contributed by atoms with Gasteiger partial charge >= 0.3 is 0 Å². The molecule has 25 heavy (non-hydrogen) atoms. The lowest BCUT2D eigenvalue weighted by atomic mass is 10.1. The highest BCUT2D eigenvalue weighted by Gasteiger charge is 2.16. The summed E-state index contributed by atoms with van der Waals surface area (Å²) in [6.45, 7) is 2.59. The Morgan fingerprint density at radius 1 is 1.08 bits per heavy atom. The number of carbonyl (C=O) groups excluding carboxylic acids is 1. The van der Waals surface area contributed by atoms with Gasteiger partial charge in [-0.2, -0.15) is 0 Å². The summed E-state index contributed by atoms with van der Waals surface area (Å²) in [5.74, 6) is 1.15. The number of nitrogens with zero attached hydrogens (tertiary/aromatic N) is 1. The zero-order valence-corrected chi connectivity index (χ0v) is 15.1. The Labute approximate surface area is 148 Å². The third kappa shape index (κ3) is 4.62. The van der Waals surface area contributed by atoms with Crippen LogP contribution in [-0.4, -0.2) is 38.8 Å². The number of hydrogen-bond donors (Lipinski definition) is 1. The van der Waals surface area contributed by atoms with Crippen molar-refractivity contribution in [1.82, 2.24) is 10.3 Å². The molecule has 0 aliphatic carbocycles. The predicted octanol–water partition coefficient (Wildman–Crippen LogP) is 2.64. The van der Waals surface area contributed by atoms with Crippen molar-refractivity contribution in [2.75, 3.05) is 27.9 Å². The molecule has 0 radical (unpaired) electrons. The van der Waals surface area contributed by atoms with Crippen LogP contribution >= 0.6 is 0 Å². The Morgan fingerprint density at radius 3 is 2.24 bits per heavy atom. The van der Waals surface area contributed by atoms with Gasteiger partial charge in [0.15, 0.2) is 11.5 Å². The van der Waals surface area contributed by atoms with E-state index in [0.717, 1.165) is 12.1 Å². The van der Waals surface area contributed by atoms with Crippen LogP contribution in [0.5, 0.6) is 17.2 Å². The molecule has 0 atom stereocenters. The number of benzene rings is 1. The van der Waals surface area contributed by atoms with Gasteiger partial charge in [-0.3, -0.25) is 9.78 Å². The van der Waals surface area contributed by atoms with E-state index in [2.05, 4.69) is 23.3 Å². The van der Waals surface area contributed by atoms with E-state index in [4.69, 9.17) is 14.2 Å². The maximum absolute atomic E-state index is 12.4. The third-order valence-electron chi connectivity index (χ3n) is 3.89. The minimum absolute atomic E-state index is 0.204. The molecular weight excluding hydrogens is 320 g/mol. The molecule has 2 rings (SSSR count). The number of rotatable bonds is 8. The Balaban J connectivity index is 2.02. The molecular formula is C19H24N2O4. The molecule has 0 unspecified atom stereocenters. The number of methoxy groups -OCH3 is 3. The van der Waals surface area contributed by atoms with E-state index in [-0.39, 0.29) is 5.91 Å². The molecule has 0 bridgehead atoms. The fraction of sp³-hybridized carbons (Fsp3) is 0.368. The first kappa shape index (κ1) is 18.6. The zero-order chi connectivity index (χ0) is 18.2. The largest absolute Gasteiger partial charge is 0.493 e. The van der Waals surface area contributed by atoms with Gasteiger partial charge in [0, 0.05) is 30.4 Å². The van der Waals surface area contributed by atoms with E-state index in [0.29, 0.717) is 35.8 Å². The van der Waals surface area contributed by atoms with E-state index < -0.39 is 0 Å². The van der Waals surface area contributed by atoms with Gasteiger partial charge in [0.05, 0.1) is 21.3 Å². The van der Waals surface area contributed by atoms with Crippen molar-refractivity contribution in [3.63, 3.8) is 0 Å². The summed E-state index contributed by atoms with van der Waals surface area (Å²) in [5.41, 5.74) is 2.59. The van der Waals surface area contributed by atoms with Gasteiger partial charge in [-0.05, 0) is 30.2 Å². The first-order chi connectivity index (χ1) is 12.1. The number of hydrogen-bond acceptors (Lipinski definition) is 5. The minimum atomic E-state index is -0.204. The van der Waals surface area contributed by atoms with Gasteiger partial charge in [-0.1, -0.05) is 13.0 Å². The third-order valence-corrected chi connectivity index (χ3v) is 3.89. The van der Waals surface area contributed by atoms with Crippen molar-refractivity contribution in [1.29, 1.82) is 0 Å². The van der Waals surface area contributed by atoms with E-state index in [1.165, 1.54) is 26.9 Å². The predicted molar refractivity (Wildman–Crippen MR) is 95.8 cm³/mol. The second-order valence-electron chi connectivity index (χ2n) is 5.43. The second kappa shape index (κ2) is 8.92. The average molecular weight is 344 g/mol. The van der Waals surface area contributed by atoms with Crippen molar-refractivity contribution >= 4 is 5.91 Å². The van der Waals surface area contributed by atoms with Crippen LogP contribution in [-0.2, 0) is 12.8 Å². The van der Waals surface area contributed by atoms with Gasteiger partial charge in [0.25, 0.3) is 5.91 Å². The second-order valence-corrected chi connectivity index (χ2v) is 5.43. The monoisotopic (exact) mass is 344 g/mol.